The van der Waals surface area contributed by atoms with Crippen LogP contribution >= 0.6 is 0 Å². The maximum absolute atomic E-state index is 12.4. The number of Topliss-reactive ketones (excluding diaryl/α,β-unsaturated/α-hetero) is 1. The van der Waals surface area contributed by atoms with Crippen molar-refractivity contribution in [3.8, 4) is 0 Å². The number of carbonyl (C=O) groups is 1. The molecule has 110 valence electrons. The number of hydrogen-bond donors (Lipinski definition) is 0. The van der Waals surface area contributed by atoms with Gasteiger partial charge in [-0.3, -0.25) is 4.79 Å². The standard InChI is InChI=1S/C18H26O2/c1-4-5-10-12-8-20-9(2)18(12)14(10)16-15(18)11-6-7-13(19)17(11,16)3/h9-12,14-16H,4-8H2,1-3H3/t9-,10+,11+,12-,14+,15+,16+,17-,18?/m1/s1. The molecular formula is C18H26O2. The molecule has 4 aliphatic carbocycles. The van der Waals surface area contributed by atoms with Crippen molar-refractivity contribution in [3.05, 3.63) is 0 Å². The highest BCUT2D eigenvalue weighted by Crippen LogP contribution is 2.89. The SMILES string of the molecule is CCC[C@@H]1[C@H]2[C@H]3[C@H]([C@@H]4CCC(=O)[C@]34C)C23[C@@H]1CO[C@@H]3C. The fourth-order valence-corrected chi connectivity index (χ4v) is 8.08. The first-order chi connectivity index (χ1) is 9.59. The minimum absolute atomic E-state index is 0.0693. The Hall–Kier alpha value is -0.370. The van der Waals surface area contributed by atoms with E-state index in [2.05, 4.69) is 20.8 Å². The molecule has 1 unspecified atom stereocenters. The molecule has 1 saturated heterocycles. The molecular weight excluding hydrogens is 248 g/mol. The lowest BCUT2D eigenvalue weighted by Gasteiger charge is -2.85. The lowest BCUT2D eigenvalue weighted by molar-refractivity contribution is -0.385. The van der Waals surface area contributed by atoms with Gasteiger partial charge in [-0.1, -0.05) is 26.7 Å². The molecule has 0 radical (unpaired) electrons. The Morgan fingerprint density at radius 1 is 1.25 bits per heavy atom. The third-order valence-electron chi connectivity index (χ3n) is 8.58. The van der Waals surface area contributed by atoms with Gasteiger partial charge in [0.25, 0.3) is 0 Å². The lowest BCUT2D eigenvalue weighted by atomic mass is 9.17. The van der Waals surface area contributed by atoms with Gasteiger partial charge in [0, 0.05) is 17.3 Å². The van der Waals surface area contributed by atoms with Crippen molar-refractivity contribution in [3.63, 3.8) is 0 Å². The van der Waals surface area contributed by atoms with Crippen molar-refractivity contribution >= 4 is 5.78 Å². The molecule has 2 nitrogen and oxygen atoms in total. The zero-order valence-corrected chi connectivity index (χ0v) is 12.9. The Bertz CT molecular complexity index is 500. The first-order valence-corrected chi connectivity index (χ1v) is 8.74. The third-order valence-corrected chi connectivity index (χ3v) is 8.58. The van der Waals surface area contributed by atoms with Gasteiger partial charge in [0.1, 0.15) is 5.78 Å². The van der Waals surface area contributed by atoms with Gasteiger partial charge in [0.05, 0.1) is 12.7 Å². The highest BCUT2D eigenvalue weighted by molar-refractivity contribution is 5.89. The molecule has 1 spiro atoms. The minimum Gasteiger partial charge on any atom is -0.378 e. The monoisotopic (exact) mass is 274 g/mol. The molecule has 5 rings (SSSR count). The number of rotatable bonds is 2. The molecule has 0 aromatic heterocycles. The maximum atomic E-state index is 12.4. The lowest BCUT2D eigenvalue weighted by Crippen LogP contribution is -2.85. The Balaban J connectivity index is 1.55. The molecule has 0 bridgehead atoms. The second-order valence-corrected chi connectivity index (χ2v) is 8.46. The Labute approximate surface area is 121 Å². The molecule has 0 aromatic carbocycles. The van der Waals surface area contributed by atoms with E-state index in [0.29, 0.717) is 23.2 Å². The summed E-state index contributed by atoms with van der Waals surface area (Å²) in [4.78, 5) is 12.4. The van der Waals surface area contributed by atoms with Crippen molar-refractivity contribution in [2.45, 2.75) is 52.6 Å². The number of ether oxygens (including phenoxy) is 1. The molecule has 20 heavy (non-hydrogen) atoms. The van der Waals surface area contributed by atoms with E-state index in [4.69, 9.17) is 4.74 Å². The Morgan fingerprint density at radius 2 is 2.05 bits per heavy atom. The predicted molar refractivity (Wildman–Crippen MR) is 76.0 cm³/mol. The van der Waals surface area contributed by atoms with Crippen LogP contribution < -0.4 is 0 Å². The van der Waals surface area contributed by atoms with Crippen LogP contribution in [0.15, 0.2) is 0 Å². The number of ketones is 1. The molecule has 5 fully saturated rings. The fraction of sp³-hybridized carbons (Fsp3) is 0.944. The molecule has 0 amide bonds. The number of fused-ring (bicyclic) bond motifs is 5. The minimum atomic E-state index is 0.0693. The molecule has 4 saturated carbocycles. The van der Waals surface area contributed by atoms with Crippen molar-refractivity contribution in [2.24, 2.45) is 46.3 Å². The van der Waals surface area contributed by atoms with Crippen molar-refractivity contribution < 1.29 is 9.53 Å². The van der Waals surface area contributed by atoms with E-state index in [9.17, 15) is 4.79 Å². The van der Waals surface area contributed by atoms with Gasteiger partial charge >= 0.3 is 0 Å². The highest BCUT2D eigenvalue weighted by atomic mass is 16.5. The first kappa shape index (κ1) is 12.2. The summed E-state index contributed by atoms with van der Waals surface area (Å²) in [5, 5.41) is 0. The molecule has 5 aliphatic rings. The van der Waals surface area contributed by atoms with Crippen molar-refractivity contribution in [2.75, 3.05) is 6.61 Å². The van der Waals surface area contributed by atoms with Crippen LogP contribution in [0.3, 0.4) is 0 Å². The van der Waals surface area contributed by atoms with Crippen LogP contribution in [0.5, 0.6) is 0 Å². The summed E-state index contributed by atoms with van der Waals surface area (Å²) in [6.07, 6.45) is 5.11. The Kier molecular flexibility index (Phi) is 2.04. The van der Waals surface area contributed by atoms with Gasteiger partial charge in [-0.05, 0) is 48.9 Å². The number of carbonyl (C=O) groups excluding carboxylic acids is 1. The quantitative estimate of drug-likeness (QED) is 0.772. The third kappa shape index (κ3) is 0.875. The van der Waals surface area contributed by atoms with Gasteiger partial charge in [0.2, 0.25) is 0 Å². The van der Waals surface area contributed by atoms with Crippen molar-refractivity contribution in [1.82, 2.24) is 0 Å². The summed E-state index contributed by atoms with van der Waals surface area (Å²) in [5.74, 6) is 5.34. The zero-order valence-electron chi connectivity index (χ0n) is 12.9. The second-order valence-electron chi connectivity index (χ2n) is 8.46. The average Bonchev–Trinajstić information content (AvgIpc) is 2.84. The smallest absolute Gasteiger partial charge is 0.139 e. The van der Waals surface area contributed by atoms with E-state index in [-0.39, 0.29) is 5.41 Å². The van der Waals surface area contributed by atoms with Gasteiger partial charge in [-0.2, -0.15) is 0 Å². The van der Waals surface area contributed by atoms with E-state index in [1.54, 1.807) is 0 Å². The Morgan fingerprint density at radius 3 is 2.80 bits per heavy atom. The van der Waals surface area contributed by atoms with Crippen LogP contribution in [-0.2, 0) is 9.53 Å². The van der Waals surface area contributed by atoms with Gasteiger partial charge in [-0.25, -0.2) is 0 Å². The molecule has 9 atom stereocenters. The van der Waals surface area contributed by atoms with Crippen molar-refractivity contribution in [1.29, 1.82) is 0 Å². The maximum Gasteiger partial charge on any atom is 0.139 e. The van der Waals surface area contributed by atoms with E-state index in [1.165, 1.54) is 19.3 Å². The zero-order chi connectivity index (χ0) is 13.9. The number of hydrogen-bond acceptors (Lipinski definition) is 2. The van der Waals surface area contributed by atoms with Crippen LogP contribution in [0.2, 0.25) is 0 Å². The van der Waals surface area contributed by atoms with Crippen LogP contribution in [0, 0.1) is 46.3 Å². The predicted octanol–water partition coefficient (Wildman–Crippen LogP) is 3.30. The van der Waals surface area contributed by atoms with Crippen LogP contribution in [0.1, 0.15) is 46.5 Å². The van der Waals surface area contributed by atoms with Crippen LogP contribution in [0.25, 0.3) is 0 Å². The summed E-state index contributed by atoms with van der Waals surface area (Å²) >= 11 is 0. The summed E-state index contributed by atoms with van der Waals surface area (Å²) in [6, 6.07) is 0. The van der Waals surface area contributed by atoms with Gasteiger partial charge < -0.3 is 4.74 Å². The van der Waals surface area contributed by atoms with E-state index >= 15 is 0 Å². The van der Waals surface area contributed by atoms with E-state index < -0.39 is 0 Å². The summed E-state index contributed by atoms with van der Waals surface area (Å²) in [5.41, 5.74) is 0.569. The average molecular weight is 274 g/mol. The van der Waals surface area contributed by atoms with Gasteiger partial charge in [-0.15, -0.1) is 0 Å². The van der Waals surface area contributed by atoms with Gasteiger partial charge in [0.15, 0.2) is 0 Å². The van der Waals surface area contributed by atoms with Crippen LogP contribution in [-0.4, -0.2) is 18.5 Å². The highest BCUT2D eigenvalue weighted by Gasteiger charge is 2.89. The summed E-state index contributed by atoms with van der Waals surface area (Å²) < 4.78 is 6.12. The molecule has 2 heteroatoms. The molecule has 0 aromatic rings. The molecule has 1 heterocycles. The van der Waals surface area contributed by atoms with Crippen LogP contribution in [0.4, 0.5) is 0 Å². The van der Waals surface area contributed by atoms with E-state index in [0.717, 1.165) is 42.6 Å². The topological polar surface area (TPSA) is 26.3 Å². The normalized spacial score (nSPS) is 65.3. The first-order valence-electron chi connectivity index (χ1n) is 8.74. The fourth-order valence-electron chi connectivity index (χ4n) is 8.08. The summed E-state index contributed by atoms with van der Waals surface area (Å²) in [6.45, 7) is 7.93. The largest absolute Gasteiger partial charge is 0.378 e. The van der Waals surface area contributed by atoms with E-state index in [1.807, 2.05) is 0 Å². The molecule has 1 aliphatic heterocycles. The summed E-state index contributed by atoms with van der Waals surface area (Å²) in [7, 11) is 0. The molecule has 0 N–H and O–H groups in total. The second kappa shape index (κ2) is 3.34.